The zero-order valence-corrected chi connectivity index (χ0v) is 21.3. The van der Waals surface area contributed by atoms with Crippen LogP contribution in [0.15, 0.2) is 45.3 Å². The topological polar surface area (TPSA) is 47.6 Å². The van der Waals surface area contributed by atoms with Gasteiger partial charge in [0.05, 0.1) is 12.1 Å². The Morgan fingerprint density at radius 2 is 1.03 bits per heavy atom. The summed E-state index contributed by atoms with van der Waals surface area (Å²) in [7, 11) is 0. The minimum Gasteiger partial charge on any atom is -0.198 e. The molecule has 31 heavy (non-hydrogen) atoms. The van der Waals surface area contributed by atoms with Gasteiger partial charge in [-0.2, -0.15) is 10.5 Å². The average molecular weight is 542 g/mol. The first-order valence-corrected chi connectivity index (χ1v) is 13.1. The summed E-state index contributed by atoms with van der Waals surface area (Å²) in [5, 5.41) is 17.6. The number of halogens is 2. The predicted molar refractivity (Wildman–Crippen MR) is 135 cm³/mol. The van der Waals surface area contributed by atoms with Crippen molar-refractivity contribution in [3.8, 4) is 23.3 Å². The largest absolute Gasteiger partial charge is 0.198 e. The van der Waals surface area contributed by atoms with Gasteiger partial charge in [-0.1, -0.05) is 82.5 Å². The Kier molecular flexibility index (Phi) is 9.18. The van der Waals surface area contributed by atoms with Crippen LogP contribution in [0.4, 0.5) is 0 Å². The van der Waals surface area contributed by atoms with Crippen molar-refractivity contribution in [1.29, 1.82) is 10.5 Å². The lowest BCUT2D eigenvalue weighted by atomic mass is 9.70. The first kappa shape index (κ1) is 24.0. The van der Waals surface area contributed by atoms with Gasteiger partial charge in [0.25, 0.3) is 0 Å². The summed E-state index contributed by atoms with van der Waals surface area (Å²) in [5.41, 5.74) is 5.72. The molecule has 0 aromatic heterocycles. The summed E-state index contributed by atoms with van der Waals surface area (Å²) in [6.07, 6.45) is 12.6. The second kappa shape index (κ2) is 11.8. The number of nitrogens with zero attached hydrogens (tertiary/aromatic N) is 2. The number of hydrogen-bond acceptors (Lipinski definition) is 2. The standard InChI is InChI=1S/C27H30Br2N2/c28-21-11-13-23-24-14-12-22(29)20-26(24)27(25(23)19-21,15-7-3-1-5-9-17-30)16-8-4-2-6-10-18-31/h11-14,19-20H,1-10,15-16H2. The molecule has 0 unspecified atom stereocenters. The highest BCUT2D eigenvalue weighted by Gasteiger charge is 2.42. The van der Waals surface area contributed by atoms with Crippen LogP contribution in [-0.2, 0) is 5.41 Å². The number of fused-ring (bicyclic) bond motifs is 3. The molecule has 0 amide bonds. The molecule has 1 aliphatic carbocycles. The summed E-state index contributed by atoms with van der Waals surface area (Å²) >= 11 is 7.45. The molecule has 2 aromatic rings. The van der Waals surface area contributed by atoms with E-state index in [1.165, 1.54) is 47.9 Å². The Hall–Kier alpha value is -1.62. The van der Waals surface area contributed by atoms with Crippen molar-refractivity contribution in [3.63, 3.8) is 0 Å². The summed E-state index contributed by atoms with van der Waals surface area (Å²) in [5.74, 6) is 0. The molecule has 0 spiro atoms. The quantitative estimate of drug-likeness (QED) is 0.251. The van der Waals surface area contributed by atoms with Gasteiger partial charge in [0.1, 0.15) is 0 Å². The van der Waals surface area contributed by atoms with Gasteiger partial charge < -0.3 is 0 Å². The van der Waals surface area contributed by atoms with Gasteiger partial charge in [0, 0.05) is 27.2 Å². The lowest BCUT2D eigenvalue weighted by molar-refractivity contribution is 0.399. The SMILES string of the molecule is N#CCCCCCCC1(CCCCCCC#N)c2cc(Br)ccc2-c2ccc(Br)cc21. The van der Waals surface area contributed by atoms with Crippen LogP contribution in [0.5, 0.6) is 0 Å². The molecule has 0 atom stereocenters. The van der Waals surface area contributed by atoms with E-state index in [-0.39, 0.29) is 5.41 Å². The summed E-state index contributed by atoms with van der Waals surface area (Å²) < 4.78 is 2.29. The van der Waals surface area contributed by atoms with Gasteiger partial charge in [-0.05, 0) is 72.2 Å². The minimum atomic E-state index is 0.0443. The van der Waals surface area contributed by atoms with Crippen molar-refractivity contribution in [2.24, 2.45) is 0 Å². The Morgan fingerprint density at radius 3 is 1.45 bits per heavy atom. The Balaban J connectivity index is 1.87. The van der Waals surface area contributed by atoms with E-state index in [9.17, 15) is 0 Å². The normalized spacial score (nSPS) is 13.3. The van der Waals surface area contributed by atoms with Crippen LogP contribution in [-0.4, -0.2) is 0 Å². The number of benzene rings is 2. The Morgan fingerprint density at radius 1 is 0.613 bits per heavy atom. The number of nitriles is 2. The van der Waals surface area contributed by atoms with Crippen LogP contribution in [0.1, 0.15) is 88.2 Å². The highest BCUT2D eigenvalue weighted by Crippen LogP contribution is 2.55. The second-order valence-electron chi connectivity index (χ2n) is 8.61. The molecule has 3 rings (SSSR count). The third kappa shape index (κ3) is 5.79. The highest BCUT2D eigenvalue weighted by molar-refractivity contribution is 9.10. The summed E-state index contributed by atoms with van der Waals surface area (Å²) in [6, 6.07) is 18.1. The van der Waals surface area contributed by atoms with Crippen molar-refractivity contribution in [2.75, 3.05) is 0 Å². The van der Waals surface area contributed by atoms with E-state index in [0.717, 1.165) is 47.5 Å². The Labute approximate surface area is 203 Å². The molecule has 0 saturated heterocycles. The molecule has 2 nitrogen and oxygen atoms in total. The van der Waals surface area contributed by atoms with Crippen molar-refractivity contribution >= 4 is 31.9 Å². The minimum absolute atomic E-state index is 0.0443. The molecule has 0 heterocycles. The number of rotatable bonds is 12. The molecule has 4 heteroatoms. The van der Waals surface area contributed by atoms with E-state index in [0.29, 0.717) is 12.8 Å². The monoisotopic (exact) mass is 540 g/mol. The van der Waals surface area contributed by atoms with Crippen LogP contribution < -0.4 is 0 Å². The van der Waals surface area contributed by atoms with Gasteiger partial charge in [0.2, 0.25) is 0 Å². The van der Waals surface area contributed by atoms with Crippen LogP contribution in [0.3, 0.4) is 0 Å². The van der Waals surface area contributed by atoms with E-state index >= 15 is 0 Å². The lowest BCUT2D eigenvalue weighted by Gasteiger charge is -2.33. The third-order valence-electron chi connectivity index (χ3n) is 6.57. The van der Waals surface area contributed by atoms with E-state index in [1.54, 1.807) is 0 Å². The molecule has 0 fully saturated rings. The molecule has 2 aromatic carbocycles. The molecule has 0 saturated carbocycles. The zero-order chi connectivity index (χ0) is 22.1. The van der Waals surface area contributed by atoms with Gasteiger partial charge in [0.15, 0.2) is 0 Å². The van der Waals surface area contributed by atoms with Gasteiger partial charge in [-0.25, -0.2) is 0 Å². The Bertz CT molecular complexity index is 889. The average Bonchev–Trinajstić information content (AvgIpc) is 3.02. The van der Waals surface area contributed by atoms with Crippen LogP contribution in [0.2, 0.25) is 0 Å². The predicted octanol–water partition coefficient (Wildman–Crippen LogP) is 9.21. The van der Waals surface area contributed by atoms with Crippen molar-refractivity contribution < 1.29 is 0 Å². The number of hydrogen-bond donors (Lipinski definition) is 0. The van der Waals surface area contributed by atoms with Gasteiger partial charge >= 0.3 is 0 Å². The summed E-state index contributed by atoms with van der Waals surface area (Å²) in [4.78, 5) is 0. The van der Waals surface area contributed by atoms with Gasteiger partial charge in [-0.3, -0.25) is 0 Å². The highest BCUT2D eigenvalue weighted by atomic mass is 79.9. The molecule has 162 valence electrons. The van der Waals surface area contributed by atoms with Gasteiger partial charge in [-0.15, -0.1) is 0 Å². The van der Waals surface area contributed by atoms with Crippen LogP contribution in [0, 0.1) is 22.7 Å². The molecule has 0 radical (unpaired) electrons. The van der Waals surface area contributed by atoms with Crippen molar-refractivity contribution in [2.45, 2.75) is 82.5 Å². The maximum Gasteiger partial charge on any atom is 0.0621 e. The van der Waals surface area contributed by atoms with E-state index in [1.807, 2.05) is 0 Å². The van der Waals surface area contributed by atoms with Crippen molar-refractivity contribution in [1.82, 2.24) is 0 Å². The summed E-state index contributed by atoms with van der Waals surface area (Å²) in [6.45, 7) is 0. The molecule has 0 aliphatic heterocycles. The maximum absolute atomic E-state index is 8.80. The first-order chi connectivity index (χ1) is 15.1. The first-order valence-electron chi connectivity index (χ1n) is 11.5. The zero-order valence-electron chi connectivity index (χ0n) is 18.1. The molecule has 1 aliphatic rings. The van der Waals surface area contributed by atoms with E-state index in [2.05, 4.69) is 80.4 Å². The molecular weight excluding hydrogens is 512 g/mol. The molecular formula is C27H30Br2N2. The lowest BCUT2D eigenvalue weighted by Crippen LogP contribution is -2.25. The van der Waals surface area contributed by atoms with E-state index in [4.69, 9.17) is 10.5 Å². The fourth-order valence-electron chi connectivity index (χ4n) is 5.07. The fourth-order valence-corrected chi connectivity index (χ4v) is 5.79. The number of unbranched alkanes of at least 4 members (excludes halogenated alkanes) is 8. The van der Waals surface area contributed by atoms with Crippen molar-refractivity contribution in [3.05, 3.63) is 56.5 Å². The molecule has 0 N–H and O–H groups in total. The van der Waals surface area contributed by atoms with Crippen LogP contribution >= 0.6 is 31.9 Å². The molecule has 0 bridgehead atoms. The third-order valence-corrected chi connectivity index (χ3v) is 7.56. The van der Waals surface area contributed by atoms with Crippen LogP contribution in [0.25, 0.3) is 11.1 Å². The van der Waals surface area contributed by atoms with E-state index < -0.39 is 0 Å². The maximum atomic E-state index is 8.80. The fraction of sp³-hybridized carbons (Fsp3) is 0.481. The smallest absolute Gasteiger partial charge is 0.0621 e. The second-order valence-corrected chi connectivity index (χ2v) is 10.4.